The molecule has 2 heterocycles. The van der Waals surface area contributed by atoms with E-state index in [0.717, 1.165) is 28.0 Å². The highest BCUT2D eigenvalue weighted by Gasteiger charge is 2.34. The Bertz CT molecular complexity index is 721. The van der Waals surface area contributed by atoms with Gasteiger partial charge in [-0.1, -0.05) is 19.3 Å². The molecule has 22 heavy (non-hydrogen) atoms. The third-order valence-electron chi connectivity index (χ3n) is 4.85. The van der Waals surface area contributed by atoms with Gasteiger partial charge in [0.25, 0.3) is 0 Å². The molecular weight excluding hydrogens is 298 g/mol. The summed E-state index contributed by atoms with van der Waals surface area (Å²) in [5, 5.41) is 14.0. The number of aromatic nitrogens is 2. The number of carbonyl (C=O) groups is 1. The molecule has 6 heteroatoms. The van der Waals surface area contributed by atoms with E-state index in [0.29, 0.717) is 12.5 Å². The minimum Gasteiger partial charge on any atom is -0.481 e. The van der Waals surface area contributed by atoms with Crippen molar-refractivity contribution in [3.8, 4) is 0 Å². The van der Waals surface area contributed by atoms with Crippen LogP contribution in [0.3, 0.4) is 0 Å². The van der Waals surface area contributed by atoms with Crippen molar-refractivity contribution in [2.75, 3.05) is 5.32 Å². The Kier molecular flexibility index (Phi) is 3.48. The van der Waals surface area contributed by atoms with Gasteiger partial charge in [-0.2, -0.15) is 0 Å². The predicted octanol–water partition coefficient (Wildman–Crippen LogP) is 3.55. The average Bonchev–Trinajstić information content (AvgIpc) is 3.07. The van der Waals surface area contributed by atoms with E-state index in [4.69, 9.17) is 0 Å². The molecule has 116 valence electrons. The number of aryl methyl sites for hydroxylation is 1. The zero-order valence-corrected chi connectivity index (χ0v) is 13.2. The van der Waals surface area contributed by atoms with Crippen LogP contribution < -0.4 is 5.32 Å². The maximum Gasteiger partial charge on any atom is 0.311 e. The van der Waals surface area contributed by atoms with Crippen molar-refractivity contribution in [2.24, 2.45) is 0 Å². The number of thiophene rings is 1. The maximum absolute atomic E-state index is 11.6. The van der Waals surface area contributed by atoms with Crippen LogP contribution in [0.4, 0.5) is 5.82 Å². The Hall–Kier alpha value is -1.69. The van der Waals surface area contributed by atoms with Gasteiger partial charge in [0.2, 0.25) is 0 Å². The smallest absolute Gasteiger partial charge is 0.311 e. The Morgan fingerprint density at radius 2 is 2.05 bits per heavy atom. The zero-order valence-electron chi connectivity index (χ0n) is 12.3. The molecule has 1 fully saturated rings. The molecule has 2 aliphatic rings. The van der Waals surface area contributed by atoms with E-state index in [9.17, 15) is 9.90 Å². The van der Waals surface area contributed by atoms with Gasteiger partial charge in [-0.3, -0.25) is 4.79 Å². The number of nitrogens with zero attached hydrogens (tertiary/aromatic N) is 2. The topological polar surface area (TPSA) is 75.1 Å². The summed E-state index contributed by atoms with van der Waals surface area (Å²) < 4.78 is 0. The molecule has 2 aliphatic carbocycles. The van der Waals surface area contributed by atoms with Gasteiger partial charge in [-0.25, -0.2) is 9.97 Å². The van der Waals surface area contributed by atoms with Gasteiger partial charge in [-0.15, -0.1) is 11.3 Å². The van der Waals surface area contributed by atoms with E-state index in [1.165, 1.54) is 37.0 Å². The van der Waals surface area contributed by atoms with Crippen molar-refractivity contribution in [1.82, 2.24) is 9.97 Å². The number of carboxylic acids is 1. The second-order valence-corrected chi connectivity index (χ2v) is 7.33. The summed E-state index contributed by atoms with van der Waals surface area (Å²) in [5.74, 6) is -0.296. The summed E-state index contributed by atoms with van der Waals surface area (Å²) in [5.41, 5.74) is 0.964. The highest BCUT2D eigenvalue weighted by Crippen LogP contribution is 2.45. The minimum atomic E-state index is -0.731. The molecule has 0 amide bonds. The van der Waals surface area contributed by atoms with Crippen LogP contribution in [0.15, 0.2) is 6.33 Å². The quantitative estimate of drug-likeness (QED) is 0.905. The summed E-state index contributed by atoms with van der Waals surface area (Å²) in [6, 6.07) is 0.451. The summed E-state index contributed by atoms with van der Waals surface area (Å²) in [4.78, 5) is 22.4. The first kappa shape index (κ1) is 13.9. The first-order valence-electron chi connectivity index (χ1n) is 7.99. The molecule has 0 aromatic carbocycles. The summed E-state index contributed by atoms with van der Waals surface area (Å²) in [6.07, 6.45) is 9.29. The van der Waals surface area contributed by atoms with Crippen LogP contribution in [0.2, 0.25) is 0 Å². The SMILES string of the molecule is O=C(O)C1CCc2sc3ncnc(NC4CCCCC4)c3c21. The Balaban J connectivity index is 1.77. The molecule has 1 atom stereocenters. The molecule has 0 spiro atoms. The fraction of sp³-hybridized carbons (Fsp3) is 0.562. The number of aliphatic carboxylic acids is 1. The van der Waals surface area contributed by atoms with Gasteiger partial charge >= 0.3 is 5.97 Å². The second-order valence-electron chi connectivity index (χ2n) is 6.25. The van der Waals surface area contributed by atoms with Crippen LogP contribution in [0, 0.1) is 0 Å². The number of hydrogen-bond donors (Lipinski definition) is 2. The lowest BCUT2D eigenvalue weighted by molar-refractivity contribution is -0.138. The first-order chi connectivity index (χ1) is 10.7. The van der Waals surface area contributed by atoms with Gasteiger partial charge in [0.05, 0.1) is 11.3 Å². The van der Waals surface area contributed by atoms with E-state index in [1.807, 2.05) is 0 Å². The number of anilines is 1. The number of hydrogen-bond acceptors (Lipinski definition) is 5. The van der Waals surface area contributed by atoms with Gasteiger partial charge in [0.1, 0.15) is 17.0 Å². The summed E-state index contributed by atoms with van der Waals surface area (Å²) in [7, 11) is 0. The van der Waals surface area contributed by atoms with Crippen LogP contribution in [0.5, 0.6) is 0 Å². The van der Waals surface area contributed by atoms with Crippen molar-refractivity contribution >= 4 is 33.3 Å². The van der Waals surface area contributed by atoms with E-state index in [2.05, 4.69) is 15.3 Å². The third kappa shape index (κ3) is 2.26. The van der Waals surface area contributed by atoms with E-state index in [1.54, 1.807) is 17.7 Å². The fourth-order valence-electron chi connectivity index (χ4n) is 3.77. The highest BCUT2D eigenvalue weighted by molar-refractivity contribution is 7.19. The fourth-order valence-corrected chi connectivity index (χ4v) is 4.99. The Labute approximate surface area is 132 Å². The lowest BCUT2D eigenvalue weighted by Crippen LogP contribution is -2.23. The Morgan fingerprint density at radius 1 is 1.23 bits per heavy atom. The highest BCUT2D eigenvalue weighted by atomic mass is 32.1. The van der Waals surface area contributed by atoms with Crippen molar-refractivity contribution in [1.29, 1.82) is 0 Å². The summed E-state index contributed by atoms with van der Waals surface area (Å²) in [6.45, 7) is 0. The molecule has 0 aliphatic heterocycles. The van der Waals surface area contributed by atoms with Crippen LogP contribution in [0.1, 0.15) is 54.9 Å². The normalized spacial score (nSPS) is 21.9. The monoisotopic (exact) mass is 317 g/mol. The van der Waals surface area contributed by atoms with E-state index >= 15 is 0 Å². The number of nitrogens with one attached hydrogen (secondary N) is 1. The second kappa shape index (κ2) is 5.50. The molecule has 2 aromatic rings. The number of rotatable bonds is 3. The van der Waals surface area contributed by atoms with Gasteiger partial charge in [-0.05, 0) is 31.2 Å². The van der Waals surface area contributed by atoms with Crippen molar-refractivity contribution in [3.05, 3.63) is 16.8 Å². The standard InChI is InChI=1S/C16H19N3O2S/c20-16(21)10-6-7-11-12(10)13-14(17-8-18-15(13)22-11)19-9-4-2-1-3-5-9/h8-10H,1-7H2,(H,20,21)(H,17,18,19). The van der Waals surface area contributed by atoms with Crippen molar-refractivity contribution < 1.29 is 9.90 Å². The first-order valence-corrected chi connectivity index (χ1v) is 8.81. The van der Waals surface area contributed by atoms with Crippen molar-refractivity contribution in [2.45, 2.75) is 56.9 Å². The molecule has 2 aromatic heterocycles. The average molecular weight is 317 g/mol. The number of fused-ring (bicyclic) bond motifs is 3. The third-order valence-corrected chi connectivity index (χ3v) is 6.03. The van der Waals surface area contributed by atoms with Crippen LogP contribution in [0.25, 0.3) is 10.2 Å². The predicted molar refractivity (Wildman–Crippen MR) is 86.6 cm³/mol. The molecular formula is C16H19N3O2S. The van der Waals surface area contributed by atoms with Gasteiger partial charge in [0.15, 0.2) is 0 Å². The molecule has 1 unspecified atom stereocenters. The molecule has 0 bridgehead atoms. The Morgan fingerprint density at radius 3 is 2.82 bits per heavy atom. The molecule has 1 saturated carbocycles. The summed E-state index contributed by atoms with van der Waals surface area (Å²) >= 11 is 1.63. The molecule has 4 rings (SSSR count). The lowest BCUT2D eigenvalue weighted by atomic mass is 9.95. The van der Waals surface area contributed by atoms with Gasteiger partial charge in [0, 0.05) is 10.9 Å². The van der Waals surface area contributed by atoms with E-state index in [-0.39, 0.29) is 0 Å². The van der Waals surface area contributed by atoms with Crippen LogP contribution in [-0.2, 0) is 11.2 Å². The number of carboxylic acid groups (broad SMARTS) is 1. The van der Waals surface area contributed by atoms with Crippen LogP contribution >= 0.6 is 11.3 Å². The molecule has 2 N–H and O–H groups in total. The lowest BCUT2D eigenvalue weighted by Gasteiger charge is -2.23. The maximum atomic E-state index is 11.6. The molecule has 5 nitrogen and oxygen atoms in total. The van der Waals surface area contributed by atoms with Crippen LogP contribution in [-0.4, -0.2) is 27.1 Å². The van der Waals surface area contributed by atoms with E-state index < -0.39 is 11.9 Å². The van der Waals surface area contributed by atoms with Crippen molar-refractivity contribution in [3.63, 3.8) is 0 Å². The molecule has 0 radical (unpaired) electrons. The minimum absolute atomic E-state index is 0.401. The zero-order chi connectivity index (χ0) is 15.1. The van der Waals surface area contributed by atoms with Gasteiger partial charge < -0.3 is 10.4 Å². The largest absolute Gasteiger partial charge is 0.481 e. The molecule has 0 saturated heterocycles.